The summed E-state index contributed by atoms with van der Waals surface area (Å²) in [6, 6.07) is 13.5. The molecule has 108 valence electrons. The van der Waals surface area contributed by atoms with Crippen molar-refractivity contribution >= 4 is 23.0 Å². The fourth-order valence-corrected chi connectivity index (χ4v) is 2.46. The number of nitrogens with zero attached hydrogens (tertiary/aromatic N) is 1. The summed E-state index contributed by atoms with van der Waals surface area (Å²) in [6.07, 6.45) is -0.297. The Bertz CT molecular complexity index is 682. The van der Waals surface area contributed by atoms with Crippen molar-refractivity contribution in [2.45, 2.75) is 6.17 Å². The van der Waals surface area contributed by atoms with Crippen LogP contribution in [0, 0.1) is 0 Å². The first-order valence-corrected chi connectivity index (χ1v) is 7.07. The summed E-state index contributed by atoms with van der Waals surface area (Å²) in [6.45, 7) is 0.594. The van der Waals surface area contributed by atoms with E-state index in [0.717, 1.165) is 28.3 Å². The van der Waals surface area contributed by atoms with E-state index in [0.29, 0.717) is 11.6 Å². The van der Waals surface area contributed by atoms with Crippen LogP contribution >= 0.6 is 11.6 Å². The zero-order valence-corrected chi connectivity index (χ0v) is 12.4. The summed E-state index contributed by atoms with van der Waals surface area (Å²) >= 11 is 5.96. The van der Waals surface area contributed by atoms with Gasteiger partial charge in [-0.05, 0) is 30.3 Å². The molecule has 1 unspecified atom stereocenters. The molecule has 3 rings (SSSR count). The quantitative estimate of drug-likeness (QED) is 0.896. The van der Waals surface area contributed by atoms with Gasteiger partial charge in [0.2, 0.25) is 0 Å². The zero-order valence-electron chi connectivity index (χ0n) is 11.6. The molecule has 0 amide bonds. The molecule has 2 aromatic rings. The molecule has 1 aliphatic rings. The van der Waals surface area contributed by atoms with E-state index in [4.69, 9.17) is 22.1 Å². The number of hydrogen-bond acceptors (Lipinski definition) is 4. The second kappa shape index (κ2) is 5.76. The van der Waals surface area contributed by atoms with E-state index < -0.39 is 0 Å². The first-order valence-electron chi connectivity index (χ1n) is 6.69. The molecule has 0 spiro atoms. The minimum atomic E-state index is -0.297. The van der Waals surface area contributed by atoms with E-state index in [1.54, 1.807) is 7.11 Å². The molecule has 1 aliphatic heterocycles. The summed E-state index contributed by atoms with van der Waals surface area (Å²) in [7, 11) is 1.65. The Morgan fingerprint density at radius 1 is 1.24 bits per heavy atom. The number of rotatable bonds is 2. The molecule has 0 saturated heterocycles. The highest BCUT2D eigenvalue weighted by atomic mass is 35.5. The predicted molar refractivity (Wildman–Crippen MR) is 86.6 cm³/mol. The van der Waals surface area contributed by atoms with Crippen LogP contribution in [-0.2, 0) is 0 Å². The van der Waals surface area contributed by atoms with Crippen LogP contribution < -0.4 is 15.8 Å². The lowest BCUT2D eigenvalue weighted by Gasteiger charge is -2.12. The van der Waals surface area contributed by atoms with Gasteiger partial charge in [0, 0.05) is 21.8 Å². The molecule has 4 nitrogen and oxygen atoms in total. The minimum absolute atomic E-state index is 0.297. The number of nitrogens with two attached hydrogens (primary N) is 1. The van der Waals surface area contributed by atoms with Crippen molar-refractivity contribution in [3.05, 3.63) is 58.6 Å². The molecule has 21 heavy (non-hydrogen) atoms. The van der Waals surface area contributed by atoms with Crippen molar-refractivity contribution in [1.29, 1.82) is 0 Å². The standard InChI is InChI=1S/C16H16ClN3O/c1-21-12-6-7-14-13(8-12)16(20-15(18)9-19-14)10-2-4-11(17)5-3-10/h2-8,15,19H,9,18H2,1H3. The fourth-order valence-electron chi connectivity index (χ4n) is 2.33. The van der Waals surface area contributed by atoms with Gasteiger partial charge in [0.15, 0.2) is 0 Å². The van der Waals surface area contributed by atoms with E-state index in [1.165, 1.54) is 0 Å². The number of fused-ring (bicyclic) bond motifs is 1. The maximum Gasteiger partial charge on any atom is 0.119 e. The molecular formula is C16H16ClN3O. The van der Waals surface area contributed by atoms with Gasteiger partial charge in [0.05, 0.1) is 19.4 Å². The Balaban J connectivity index is 2.15. The Labute approximate surface area is 128 Å². The number of hydrogen-bond donors (Lipinski definition) is 2. The van der Waals surface area contributed by atoms with Crippen molar-refractivity contribution in [2.24, 2.45) is 10.7 Å². The number of nitrogens with one attached hydrogen (secondary N) is 1. The molecule has 3 N–H and O–H groups in total. The number of benzene rings is 2. The van der Waals surface area contributed by atoms with Gasteiger partial charge >= 0.3 is 0 Å². The number of ether oxygens (including phenoxy) is 1. The molecule has 0 bridgehead atoms. The third kappa shape index (κ3) is 2.86. The van der Waals surface area contributed by atoms with Crippen molar-refractivity contribution in [3.8, 4) is 5.75 Å². The van der Waals surface area contributed by atoms with Gasteiger partial charge in [0.25, 0.3) is 0 Å². The normalized spacial score (nSPS) is 17.3. The Morgan fingerprint density at radius 3 is 2.71 bits per heavy atom. The average molecular weight is 302 g/mol. The Kier molecular flexibility index (Phi) is 3.82. The minimum Gasteiger partial charge on any atom is -0.497 e. The smallest absolute Gasteiger partial charge is 0.119 e. The summed E-state index contributed by atoms with van der Waals surface area (Å²) in [5, 5.41) is 4.01. The predicted octanol–water partition coefficient (Wildman–Crippen LogP) is 2.90. The van der Waals surface area contributed by atoms with Crippen molar-refractivity contribution in [1.82, 2.24) is 0 Å². The highest BCUT2D eigenvalue weighted by Gasteiger charge is 2.18. The van der Waals surface area contributed by atoms with E-state index in [-0.39, 0.29) is 6.17 Å². The number of halogens is 1. The third-order valence-corrected chi connectivity index (χ3v) is 3.65. The maximum atomic E-state index is 6.04. The van der Waals surface area contributed by atoms with Crippen LogP contribution in [0.1, 0.15) is 11.1 Å². The van der Waals surface area contributed by atoms with Crippen LogP contribution in [0.4, 0.5) is 5.69 Å². The van der Waals surface area contributed by atoms with Gasteiger partial charge in [-0.2, -0.15) is 0 Å². The van der Waals surface area contributed by atoms with Gasteiger partial charge < -0.3 is 15.8 Å². The molecule has 1 atom stereocenters. The SMILES string of the molecule is COc1ccc2c(c1)C(c1ccc(Cl)cc1)=NC(N)CN2. The monoisotopic (exact) mass is 301 g/mol. The van der Waals surface area contributed by atoms with Gasteiger partial charge in [-0.25, -0.2) is 0 Å². The molecule has 1 heterocycles. The van der Waals surface area contributed by atoms with Crippen LogP contribution in [0.15, 0.2) is 47.5 Å². The summed E-state index contributed by atoms with van der Waals surface area (Å²) in [5.41, 5.74) is 9.83. The third-order valence-electron chi connectivity index (χ3n) is 3.40. The largest absolute Gasteiger partial charge is 0.497 e. The van der Waals surface area contributed by atoms with E-state index in [1.807, 2.05) is 42.5 Å². The second-order valence-electron chi connectivity index (χ2n) is 4.84. The first-order chi connectivity index (χ1) is 10.2. The van der Waals surface area contributed by atoms with E-state index in [2.05, 4.69) is 10.3 Å². The molecule has 0 fully saturated rings. The molecular weight excluding hydrogens is 286 g/mol. The highest BCUT2D eigenvalue weighted by molar-refractivity contribution is 6.30. The molecule has 0 saturated carbocycles. The van der Waals surface area contributed by atoms with Gasteiger partial charge in [0.1, 0.15) is 11.9 Å². The van der Waals surface area contributed by atoms with Crippen LogP contribution in [0.2, 0.25) is 5.02 Å². The topological polar surface area (TPSA) is 59.6 Å². The van der Waals surface area contributed by atoms with Crippen LogP contribution in [0.5, 0.6) is 5.75 Å². The van der Waals surface area contributed by atoms with Gasteiger partial charge in [-0.3, -0.25) is 4.99 Å². The molecule has 0 radical (unpaired) electrons. The lowest BCUT2D eigenvalue weighted by atomic mass is 10.0. The van der Waals surface area contributed by atoms with Gasteiger partial charge in [-0.1, -0.05) is 23.7 Å². The molecule has 0 aliphatic carbocycles. The number of aliphatic imine (C=N–C) groups is 1. The van der Waals surface area contributed by atoms with Crippen LogP contribution in [0.3, 0.4) is 0 Å². The van der Waals surface area contributed by atoms with E-state index >= 15 is 0 Å². The lowest BCUT2D eigenvalue weighted by Crippen LogP contribution is -2.26. The van der Waals surface area contributed by atoms with Crippen molar-refractivity contribution < 1.29 is 4.74 Å². The first kappa shape index (κ1) is 13.9. The molecule has 0 aromatic heterocycles. The summed E-state index contributed by atoms with van der Waals surface area (Å²) < 4.78 is 5.32. The fraction of sp³-hybridized carbons (Fsp3) is 0.188. The highest BCUT2D eigenvalue weighted by Crippen LogP contribution is 2.27. The summed E-state index contributed by atoms with van der Waals surface area (Å²) in [4.78, 5) is 4.63. The summed E-state index contributed by atoms with van der Waals surface area (Å²) in [5.74, 6) is 0.785. The number of anilines is 1. The Morgan fingerprint density at radius 2 is 2.00 bits per heavy atom. The average Bonchev–Trinajstić information content (AvgIpc) is 2.67. The van der Waals surface area contributed by atoms with E-state index in [9.17, 15) is 0 Å². The van der Waals surface area contributed by atoms with Crippen molar-refractivity contribution in [2.75, 3.05) is 19.0 Å². The number of methoxy groups -OCH3 is 1. The van der Waals surface area contributed by atoms with Gasteiger partial charge in [-0.15, -0.1) is 0 Å². The van der Waals surface area contributed by atoms with Crippen LogP contribution in [0.25, 0.3) is 0 Å². The maximum absolute atomic E-state index is 6.04. The number of benzodiazepines with no additional fused rings is 1. The molecule has 2 aromatic carbocycles. The zero-order chi connectivity index (χ0) is 14.8. The molecule has 5 heteroatoms. The second-order valence-corrected chi connectivity index (χ2v) is 5.28. The van der Waals surface area contributed by atoms with Crippen molar-refractivity contribution in [3.63, 3.8) is 0 Å². The Hall–Kier alpha value is -2.04. The van der Waals surface area contributed by atoms with Crippen LogP contribution in [-0.4, -0.2) is 25.5 Å². The lowest BCUT2D eigenvalue weighted by molar-refractivity contribution is 0.415.